The van der Waals surface area contributed by atoms with Gasteiger partial charge in [-0.1, -0.05) is 6.92 Å². The molecule has 0 amide bonds. The molecule has 78 valence electrons. The van der Waals surface area contributed by atoms with E-state index in [1.807, 2.05) is 11.8 Å². The van der Waals surface area contributed by atoms with Crippen molar-refractivity contribution < 1.29 is 0 Å². The van der Waals surface area contributed by atoms with Crippen LogP contribution in [0, 0.1) is 0 Å². The van der Waals surface area contributed by atoms with Gasteiger partial charge in [-0.2, -0.15) is 11.8 Å². The average Bonchev–Trinajstić information content (AvgIpc) is 2.67. The first-order chi connectivity index (χ1) is 6.81. The largest absolute Gasteiger partial charge is 0.244 e. The number of aromatic nitrogens is 1. The van der Waals surface area contributed by atoms with Gasteiger partial charge < -0.3 is 0 Å². The van der Waals surface area contributed by atoms with Gasteiger partial charge in [0.1, 0.15) is 5.01 Å². The summed E-state index contributed by atoms with van der Waals surface area (Å²) in [6.45, 7) is 2.29. The zero-order chi connectivity index (χ0) is 9.97. The van der Waals surface area contributed by atoms with Crippen LogP contribution >= 0.6 is 46.5 Å². The third-order valence-electron chi connectivity index (χ3n) is 2.14. The van der Waals surface area contributed by atoms with Crippen LogP contribution in [0.5, 0.6) is 0 Å². The van der Waals surface area contributed by atoms with Crippen molar-refractivity contribution in [1.29, 1.82) is 0 Å². The monoisotopic (exact) mass is 265 g/mol. The maximum atomic E-state index is 5.75. The van der Waals surface area contributed by atoms with E-state index in [1.165, 1.54) is 16.5 Å². The van der Waals surface area contributed by atoms with E-state index in [0.29, 0.717) is 16.4 Å². The van der Waals surface area contributed by atoms with E-state index in [2.05, 4.69) is 29.0 Å². The highest BCUT2D eigenvalue weighted by Crippen LogP contribution is 2.43. The minimum Gasteiger partial charge on any atom is -0.244 e. The van der Waals surface area contributed by atoms with Gasteiger partial charge in [-0.25, -0.2) is 4.98 Å². The molecule has 14 heavy (non-hydrogen) atoms. The molecule has 0 radical (unpaired) electrons. The number of thioether (sulfide) groups is 2. The van der Waals surface area contributed by atoms with Crippen molar-refractivity contribution in [3.05, 3.63) is 16.1 Å². The van der Waals surface area contributed by atoms with Crippen LogP contribution < -0.4 is 0 Å². The molecular formula is C9H12ClNS3. The molecule has 2 unspecified atom stereocenters. The van der Waals surface area contributed by atoms with Crippen LogP contribution in [0.3, 0.4) is 0 Å². The second kappa shape index (κ2) is 5.10. The van der Waals surface area contributed by atoms with E-state index in [0.717, 1.165) is 5.69 Å². The van der Waals surface area contributed by atoms with Gasteiger partial charge >= 0.3 is 0 Å². The van der Waals surface area contributed by atoms with Gasteiger partial charge in [0.05, 0.1) is 16.8 Å². The van der Waals surface area contributed by atoms with Crippen molar-refractivity contribution in [3.8, 4) is 0 Å². The van der Waals surface area contributed by atoms with Gasteiger partial charge in [-0.05, 0) is 0 Å². The second-order valence-corrected chi connectivity index (χ2v) is 7.07. The van der Waals surface area contributed by atoms with E-state index in [9.17, 15) is 0 Å². The van der Waals surface area contributed by atoms with E-state index >= 15 is 0 Å². The Morgan fingerprint density at radius 1 is 1.50 bits per heavy atom. The Kier molecular flexibility index (Phi) is 4.05. The average molecular weight is 266 g/mol. The molecule has 2 heterocycles. The Bertz CT molecular complexity index is 302. The molecule has 0 aliphatic carbocycles. The Labute approximate surface area is 102 Å². The number of alkyl halides is 1. The molecule has 1 aliphatic rings. The predicted molar refractivity (Wildman–Crippen MR) is 68.8 cm³/mol. The number of hydrogen-bond acceptors (Lipinski definition) is 4. The Morgan fingerprint density at radius 2 is 2.29 bits per heavy atom. The van der Waals surface area contributed by atoms with Crippen LogP contribution in [0.15, 0.2) is 5.38 Å². The lowest BCUT2D eigenvalue weighted by molar-refractivity contribution is 0.889. The standard InChI is InChI=1S/C9H12ClNS3/c1-6-8(13-3-2-12-6)9-11-7(4-10)5-14-9/h5-6,8H,2-4H2,1H3. The summed E-state index contributed by atoms with van der Waals surface area (Å²) in [6.07, 6.45) is 0. The quantitative estimate of drug-likeness (QED) is 0.755. The highest BCUT2D eigenvalue weighted by Gasteiger charge is 2.26. The maximum Gasteiger partial charge on any atom is 0.107 e. The third kappa shape index (κ3) is 2.40. The van der Waals surface area contributed by atoms with Crippen molar-refractivity contribution >= 4 is 46.5 Å². The van der Waals surface area contributed by atoms with E-state index in [4.69, 9.17) is 11.6 Å². The number of thiazole rings is 1. The Hall–Kier alpha value is 0.620. The van der Waals surface area contributed by atoms with E-state index < -0.39 is 0 Å². The fourth-order valence-electron chi connectivity index (χ4n) is 1.42. The molecule has 5 heteroatoms. The molecule has 2 atom stereocenters. The molecule has 0 spiro atoms. The minimum absolute atomic E-state index is 0.537. The van der Waals surface area contributed by atoms with Crippen molar-refractivity contribution in [2.24, 2.45) is 0 Å². The summed E-state index contributed by atoms with van der Waals surface area (Å²) in [5.74, 6) is 3.06. The summed E-state index contributed by atoms with van der Waals surface area (Å²) in [4.78, 5) is 4.56. The lowest BCUT2D eigenvalue weighted by Crippen LogP contribution is -2.15. The number of nitrogens with zero attached hydrogens (tertiary/aromatic N) is 1. The minimum atomic E-state index is 0.537. The lowest BCUT2D eigenvalue weighted by Gasteiger charge is -2.25. The van der Waals surface area contributed by atoms with Crippen LogP contribution in [-0.2, 0) is 5.88 Å². The van der Waals surface area contributed by atoms with Crippen molar-refractivity contribution in [3.63, 3.8) is 0 Å². The van der Waals surface area contributed by atoms with Crippen LogP contribution in [0.2, 0.25) is 0 Å². The highest BCUT2D eigenvalue weighted by atomic mass is 35.5. The highest BCUT2D eigenvalue weighted by molar-refractivity contribution is 8.06. The van der Waals surface area contributed by atoms with Crippen LogP contribution in [-0.4, -0.2) is 21.7 Å². The summed E-state index contributed by atoms with van der Waals surface area (Å²) >= 11 is 11.6. The number of rotatable bonds is 2. The summed E-state index contributed by atoms with van der Waals surface area (Å²) < 4.78 is 0. The molecule has 0 aromatic carbocycles. The predicted octanol–water partition coefficient (Wildman–Crippen LogP) is 3.79. The number of hydrogen-bond donors (Lipinski definition) is 0. The molecule has 1 fully saturated rings. The van der Waals surface area contributed by atoms with Gasteiger partial charge in [-0.15, -0.1) is 34.7 Å². The molecule has 1 saturated heterocycles. The molecule has 1 aromatic heterocycles. The number of halogens is 1. The lowest BCUT2D eigenvalue weighted by atomic mass is 10.3. The van der Waals surface area contributed by atoms with Crippen molar-refractivity contribution in [1.82, 2.24) is 4.98 Å². The fourth-order valence-corrected chi connectivity index (χ4v) is 5.64. The van der Waals surface area contributed by atoms with E-state index in [1.54, 1.807) is 11.3 Å². The SMILES string of the molecule is CC1SCCSC1c1nc(CCl)cs1. The molecule has 0 saturated carbocycles. The van der Waals surface area contributed by atoms with Gasteiger partial charge in [0.15, 0.2) is 0 Å². The maximum absolute atomic E-state index is 5.75. The van der Waals surface area contributed by atoms with E-state index in [-0.39, 0.29) is 0 Å². The first-order valence-electron chi connectivity index (χ1n) is 4.54. The molecular weight excluding hydrogens is 254 g/mol. The van der Waals surface area contributed by atoms with Crippen LogP contribution in [0.1, 0.15) is 22.9 Å². The van der Waals surface area contributed by atoms with Crippen LogP contribution in [0.25, 0.3) is 0 Å². The summed E-state index contributed by atoms with van der Waals surface area (Å²) in [5, 5.41) is 4.60. The fraction of sp³-hybridized carbons (Fsp3) is 0.667. The van der Waals surface area contributed by atoms with Gasteiger partial charge in [0.2, 0.25) is 0 Å². The molecule has 0 N–H and O–H groups in total. The first-order valence-corrected chi connectivity index (χ1v) is 8.06. The third-order valence-corrected chi connectivity index (χ3v) is 6.64. The van der Waals surface area contributed by atoms with Gasteiger partial charge in [0, 0.05) is 22.1 Å². The molecule has 0 bridgehead atoms. The first kappa shape index (κ1) is 11.1. The summed E-state index contributed by atoms with van der Waals surface area (Å²) in [7, 11) is 0. The van der Waals surface area contributed by atoms with Gasteiger partial charge in [0.25, 0.3) is 0 Å². The molecule has 1 nitrogen and oxygen atoms in total. The van der Waals surface area contributed by atoms with Gasteiger partial charge in [-0.3, -0.25) is 0 Å². The second-order valence-electron chi connectivity index (χ2n) is 3.18. The smallest absolute Gasteiger partial charge is 0.107 e. The molecule has 1 aromatic rings. The summed E-state index contributed by atoms with van der Waals surface area (Å²) in [5.41, 5.74) is 1.02. The topological polar surface area (TPSA) is 12.9 Å². The normalized spacial score (nSPS) is 27.9. The zero-order valence-corrected chi connectivity index (χ0v) is 11.1. The Balaban J connectivity index is 2.12. The summed E-state index contributed by atoms with van der Waals surface area (Å²) in [6, 6.07) is 0. The molecule has 1 aliphatic heterocycles. The van der Waals surface area contributed by atoms with Crippen molar-refractivity contribution in [2.45, 2.75) is 23.3 Å². The van der Waals surface area contributed by atoms with Crippen LogP contribution in [0.4, 0.5) is 0 Å². The van der Waals surface area contributed by atoms with Crippen molar-refractivity contribution in [2.75, 3.05) is 11.5 Å². The molecule has 2 rings (SSSR count). The Morgan fingerprint density at radius 3 is 2.93 bits per heavy atom. The zero-order valence-electron chi connectivity index (χ0n) is 7.90.